The number of hydrogen-bond donors (Lipinski definition) is 0. The van der Waals surface area contributed by atoms with Crippen molar-refractivity contribution in [1.29, 1.82) is 0 Å². The van der Waals surface area contributed by atoms with Crippen LogP contribution in [0.3, 0.4) is 0 Å². The molecule has 1 aromatic heterocycles. The van der Waals surface area contributed by atoms with Crippen molar-refractivity contribution >= 4 is 33.5 Å². The van der Waals surface area contributed by atoms with E-state index in [1.165, 1.54) is 11.8 Å². The van der Waals surface area contributed by atoms with E-state index in [9.17, 15) is 4.79 Å². The number of ketones is 1. The number of rotatable bonds is 4. The highest BCUT2D eigenvalue weighted by atomic mass is 79.9. The van der Waals surface area contributed by atoms with E-state index in [1.54, 1.807) is 29.8 Å². The Kier molecular flexibility index (Phi) is 4.73. The van der Waals surface area contributed by atoms with Crippen LogP contribution in [0.25, 0.3) is 0 Å². The minimum absolute atomic E-state index is 0.0141. The van der Waals surface area contributed by atoms with Gasteiger partial charge in [-0.2, -0.15) is 0 Å². The van der Waals surface area contributed by atoms with E-state index in [0.717, 1.165) is 9.50 Å². The van der Waals surface area contributed by atoms with Gasteiger partial charge in [-0.1, -0.05) is 45.9 Å². The maximum atomic E-state index is 11.8. The van der Waals surface area contributed by atoms with Crippen LogP contribution < -0.4 is 0 Å². The van der Waals surface area contributed by atoms with Gasteiger partial charge in [0.05, 0.1) is 0 Å². The summed E-state index contributed by atoms with van der Waals surface area (Å²) in [7, 11) is 0. The van der Waals surface area contributed by atoms with Crippen molar-refractivity contribution in [3.05, 3.63) is 70.2 Å². The number of hydrogen-bond acceptors (Lipinski definition) is 3. The summed E-state index contributed by atoms with van der Waals surface area (Å²) in [5.41, 5.74) is 0.669. The molecular weight excluding hydrogens is 310 g/mol. The van der Waals surface area contributed by atoms with E-state index in [0.29, 0.717) is 5.56 Å². The molecule has 2 nitrogen and oxygen atoms in total. The highest BCUT2D eigenvalue weighted by Crippen LogP contribution is 2.17. The van der Waals surface area contributed by atoms with Crippen molar-refractivity contribution in [3.8, 4) is 0 Å². The molecule has 0 radical (unpaired) electrons. The third-order valence-corrected chi connectivity index (χ3v) is 3.40. The Balaban J connectivity index is 1.99. The highest BCUT2D eigenvalue weighted by molar-refractivity contribution is 9.10. The first-order valence-electron chi connectivity index (χ1n) is 5.30. The second-order valence-electron chi connectivity index (χ2n) is 3.46. The van der Waals surface area contributed by atoms with E-state index in [4.69, 9.17) is 0 Å². The Bertz CT molecular complexity index is 569. The van der Waals surface area contributed by atoms with Crippen molar-refractivity contribution in [2.24, 2.45) is 0 Å². The first kappa shape index (κ1) is 13.1. The third kappa shape index (κ3) is 3.82. The lowest BCUT2D eigenvalue weighted by atomic mass is 10.1. The SMILES string of the molecule is O=C(/C=C\Sc1ccccn1)c1cccc(Br)c1. The molecule has 4 heteroatoms. The molecule has 0 bridgehead atoms. The second-order valence-corrected chi connectivity index (χ2v) is 5.30. The van der Waals surface area contributed by atoms with Crippen LogP contribution in [-0.2, 0) is 0 Å². The molecule has 0 amide bonds. The molecule has 0 spiro atoms. The first-order chi connectivity index (χ1) is 8.75. The van der Waals surface area contributed by atoms with Crippen LogP contribution in [0.4, 0.5) is 0 Å². The summed E-state index contributed by atoms with van der Waals surface area (Å²) in [6.07, 6.45) is 3.29. The van der Waals surface area contributed by atoms with E-state index in [2.05, 4.69) is 20.9 Å². The number of nitrogens with zero attached hydrogens (tertiary/aromatic N) is 1. The van der Waals surface area contributed by atoms with E-state index < -0.39 is 0 Å². The molecule has 0 aliphatic heterocycles. The number of thioether (sulfide) groups is 1. The average Bonchev–Trinajstić information content (AvgIpc) is 2.40. The minimum Gasteiger partial charge on any atom is -0.289 e. The first-order valence-corrected chi connectivity index (χ1v) is 6.97. The Morgan fingerprint density at radius 3 is 2.83 bits per heavy atom. The molecule has 0 N–H and O–H groups in total. The third-order valence-electron chi connectivity index (χ3n) is 2.16. The van der Waals surface area contributed by atoms with Crippen LogP contribution in [-0.4, -0.2) is 10.8 Å². The zero-order valence-electron chi connectivity index (χ0n) is 9.42. The summed E-state index contributed by atoms with van der Waals surface area (Å²) >= 11 is 4.77. The summed E-state index contributed by atoms with van der Waals surface area (Å²) < 4.78 is 0.902. The van der Waals surface area contributed by atoms with Crippen LogP contribution in [0.5, 0.6) is 0 Å². The summed E-state index contributed by atoms with van der Waals surface area (Å²) in [4.78, 5) is 16.0. The normalized spacial score (nSPS) is 10.7. The van der Waals surface area contributed by atoms with Crippen LogP contribution in [0, 0.1) is 0 Å². The lowest BCUT2D eigenvalue weighted by Crippen LogP contribution is -1.92. The summed E-state index contributed by atoms with van der Waals surface area (Å²) in [6, 6.07) is 13.0. The van der Waals surface area contributed by atoms with Crippen molar-refractivity contribution in [2.45, 2.75) is 5.03 Å². The van der Waals surface area contributed by atoms with Crippen molar-refractivity contribution in [3.63, 3.8) is 0 Å². The van der Waals surface area contributed by atoms with Gasteiger partial charge in [0.1, 0.15) is 5.03 Å². The predicted octanol–water partition coefficient (Wildman–Crippen LogP) is 4.33. The van der Waals surface area contributed by atoms with Crippen LogP contribution in [0.15, 0.2) is 69.6 Å². The molecule has 0 aliphatic carbocycles. The lowest BCUT2D eigenvalue weighted by Gasteiger charge is -1.96. The zero-order chi connectivity index (χ0) is 12.8. The Morgan fingerprint density at radius 1 is 1.22 bits per heavy atom. The quantitative estimate of drug-likeness (QED) is 0.477. The monoisotopic (exact) mass is 319 g/mol. The van der Waals surface area contributed by atoms with Gasteiger partial charge < -0.3 is 0 Å². The highest BCUT2D eigenvalue weighted by Gasteiger charge is 2.01. The van der Waals surface area contributed by atoms with Crippen molar-refractivity contribution in [1.82, 2.24) is 4.98 Å². The van der Waals surface area contributed by atoms with Gasteiger partial charge in [0.25, 0.3) is 0 Å². The van der Waals surface area contributed by atoms with Crippen molar-refractivity contribution < 1.29 is 4.79 Å². The molecule has 18 heavy (non-hydrogen) atoms. The van der Waals surface area contributed by atoms with Gasteiger partial charge in [-0.25, -0.2) is 4.98 Å². The molecule has 0 atom stereocenters. The Morgan fingerprint density at radius 2 is 2.11 bits per heavy atom. The predicted molar refractivity (Wildman–Crippen MR) is 77.7 cm³/mol. The molecule has 0 saturated heterocycles. The van der Waals surface area contributed by atoms with Crippen LogP contribution in [0.2, 0.25) is 0 Å². The molecule has 90 valence electrons. The molecule has 2 rings (SSSR count). The molecule has 1 aromatic carbocycles. The van der Waals surface area contributed by atoms with Gasteiger partial charge in [-0.3, -0.25) is 4.79 Å². The fourth-order valence-electron chi connectivity index (χ4n) is 1.32. The number of benzene rings is 1. The van der Waals surface area contributed by atoms with E-state index in [-0.39, 0.29) is 5.78 Å². The van der Waals surface area contributed by atoms with Gasteiger partial charge >= 0.3 is 0 Å². The van der Waals surface area contributed by atoms with E-state index >= 15 is 0 Å². The number of halogens is 1. The maximum Gasteiger partial charge on any atom is 0.186 e. The van der Waals surface area contributed by atoms with Crippen molar-refractivity contribution in [2.75, 3.05) is 0 Å². The van der Waals surface area contributed by atoms with Crippen LogP contribution >= 0.6 is 27.7 Å². The van der Waals surface area contributed by atoms with Crippen LogP contribution in [0.1, 0.15) is 10.4 Å². The standard InChI is InChI=1S/C14H10BrNOS/c15-12-5-3-4-11(10-12)13(17)7-9-18-14-6-1-2-8-16-14/h1-10H/b9-7-. The molecule has 0 saturated carbocycles. The number of allylic oxidation sites excluding steroid dienone is 1. The molecule has 0 fully saturated rings. The second kappa shape index (κ2) is 6.52. The van der Waals surface area contributed by atoms with Gasteiger partial charge in [0.15, 0.2) is 5.78 Å². The lowest BCUT2D eigenvalue weighted by molar-refractivity contribution is 0.104. The molecule has 1 heterocycles. The number of carbonyl (C=O) groups excluding carboxylic acids is 1. The largest absolute Gasteiger partial charge is 0.289 e. The van der Waals surface area contributed by atoms with Gasteiger partial charge in [0.2, 0.25) is 0 Å². The molecule has 2 aromatic rings. The summed E-state index contributed by atoms with van der Waals surface area (Å²) in [6.45, 7) is 0. The van der Waals surface area contributed by atoms with Gasteiger partial charge in [0, 0.05) is 16.2 Å². The molecule has 0 aliphatic rings. The average molecular weight is 320 g/mol. The number of pyridine rings is 1. The smallest absolute Gasteiger partial charge is 0.186 e. The fourth-order valence-corrected chi connectivity index (χ4v) is 2.33. The Labute approximate surface area is 118 Å². The summed E-state index contributed by atoms with van der Waals surface area (Å²) in [5.74, 6) is -0.0141. The minimum atomic E-state index is -0.0141. The maximum absolute atomic E-state index is 11.8. The van der Waals surface area contributed by atoms with Gasteiger partial charge in [-0.05, 0) is 35.7 Å². The summed E-state index contributed by atoms with van der Waals surface area (Å²) in [5, 5.41) is 2.63. The molecular formula is C14H10BrNOS. The number of carbonyl (C=O) groups is 1. The van der Waals surface area contributed by atoms with E-state index in [1.807, 2.05) is 30.3 Å². The number of aromatic nitrogens is 1. The fraction of sp³-hybridized carbons (Fsp3) is 0. The zero-order valence-corrected chi connectivity index (χ0v) is 11.8. The molecule has 0 unspecified atom stereocenters. The topological polar surface area (TPSA) is 30.0 Å². The van der Waals surface area contributed by atoms with Gasteiger partial charge in [-0.15, -0.1) is 0 Å². The Hall–Kier alpha value is -1.39.